The molecule has 2 aromatic rings. The fraction of sp³-hybridized carbons (Fsp3) is 0.333. The second kappa shape index (κ2) is 6.68. The topological polar surface area (TPSA) is 51.8 Å². The molecule has 0 aliphatic carbocycles. The van der Waals surface area contributed by atoms with Crippen molar-refractivity contribution < 1.29 is 0 Å². The molecule has 1 aromatic carbocycles. The molecule has 0 fully saturated rings. The van der Waals surface area contributed by atoms with Crippen molar-refractivity contribution in [1.29, 1.82) is 0 Å². The molecule has 2 rings (SSSR count). The van der Waals surface area contributed by atoms with Gasteiger partial charge in [-0.05, 0) is 30.0 Å². The lowest BCUT2D eigenvalue weighted by molar-refractivity contribution is 0.825. The number of benzene rings is 1. The second-order valence-electron chi connectivity index (χ2n) is 4.56. The molecule has 0 saturated carbocycles. The summed E-state index contributed by atoms with van der Waals surface area (Å²) < 4.78 is 0. The predicted molar refractivity (Wildman–Crippen MR) is 80.2 cm³/mol. The molecular weight excluding hydrogens is 254 g/mol. The maximum absolute atomic E-state index is 6.19. The van der Waals surface area contributed by atoms with Gasteiger partial charge in [0, 0.05) is 24.2 Å². The molecule has 0 radical (unpaired) electrons. The molecule has 1 unspecified atom stereocenters. The van der Waals surface area contributed by atoms with Crippen LogP contribution < -0.4 is 5.73 Å². The Hall–Kier alpha value is -1.39. The Bertz CT molecular complexity index is 508. The molecule has 2 N–H and O–H groups in total. The second-order valence-corrected chi connectivity index (χ2v) is 5.54. The van der Waals surface area contributed by atoms with Gasteiger partial charge >= 0.3 is 0 Å². The molecule has 0 aliphatic heterocycles. The molecule has 19 heavy (non-hydrogen) atoms. The minimum atomic E-state index is 0.0146. The Labute approximate surface area is 118 Å². The minimum Gasteiger partial charge on any atom is -0.323 e. The highest BCUT2D eigenvalue weighted by Crippen LogP contribution is 2.20. The SMILES string of the molecule is CCc1ccc(C(N)CSc2ncc(C)cn2)cc1. The average molecular weight is 273 g/mol. The number of nitrogens with two attached hydrogens (primary N) is 1. The highest BCUT2D eigenvalue weighted by molar-refractivity contribution is 7.99. The zero-order valence-corrected chi connectivity index (χ0v) is 12.2. The number of hydrogen-bond acceptors (Lipinski definition) is 4. The summed E-state index contributed by atoms with van der Waals surface area (Å²) in [5.74, 6) is 0.786. The lowest BCUT2D eigenvalue weighted by Gasteiger charge is -2.11. The fourth-order valence-electron chi connectivity index (χ4n) is 1.72. The van der Waals surface area contributed by atoms with Gasteiger partial charge in [-0.15, -0.1) is 0 Å². The lowest BCUT2D eigenvalue weighted by Crippen LogP contribution is -2.13. The molecule has 1 atom stereocenters. The number of thioether (sulfide) groups is 1. The highest BCUT2D eigenvalue weighted by atomic mass is 32.2. The van der Waals surface area contributed by atoms with Gasteiger partial charge in [-0.2, -0.15) is 0 Å². The Morgan fingerprint density at radius 1 is 1.16 bits per heavy atom. The van der Waals surface area contributed by atoms with Crippen LogP contribution in [-0.4, -0.2) is 15.7 Å². The Balaban J connectivity index is 1.93. The van der Waals surface area contributed by atoms with Crippen molar-refractivity contribution in [3.8, 4) is 0 Å². The Morgan fingerprint density at radius 2 is 1.79 bits per heavy atom. The van der Waals surface area contributed by atoms with Crippen LogP contribution in [0.2, 0.25) is 0 Å². The van der Waals surface area contributed by atoms with Crippen molar-refractivity contribution in [3.05, 3.63) is 53.3 Å². The van der Waals surface area contributed by atoms with Gasteiger partial charge in [0.1, 0.15) is 0 Å². The average Bonchev–Trinajstić information content (AvgIpc) is 2.46. The van der Waals surface area contributed by atoms with Crippen LogP contribution in [0, 0.1) is 6.92 Å². The first kappa shape index (κ1) is 14.0. The third-order valence-corrected chi connectivity index (χ3v) is 3.96. The van der Waals surface area contributed by atoms with Crippen molar-refractivity contribution in [2.45, 2.75) is 31.5 Å². The standard InChI is InChI=1S/C15H19N3S/c1-3-12-4-6-13(7-5-12)14(16)10-19-15-17-8-11(2)9-18-15/h4-9,14H,3,10,16H2,1-2H3. The van der Waals surface area contributed by atoms with Crippen LogP contribution in [0.4, 0.5) is 0 Å². The van der Waals surface area contributed by atoms with E-state index in [0.717, 1.165) is 28.5 Å². The first-order valence-corrected chi connectivity index (χ1v) is 7.43. The maximum Gasteiger partial charge on any atom is 0.187 e. The summed E-state index contributed by atoms with van der Waals surface area (Å²) in [6.45, 7) is 4.13. The van der Waals surface area contributed by atoms with Crippen LogP contribution in [0.1, 0.15) is 29.7 Å². The van der Waals surface area contributed by atoms with Gasteiger partial charge in [0.15, 0.2) is 5.16 Å². The van der Waals surface area contributed by atoms with Gasteiger partial charge in [-0.3, -0.25) is 0 Å². The number of rotatable bonds is 5. The van der Waals surface area contributed by atoms with Crippen molar-refractivity contribution >= 4 is 11.8 Å². The van der Waals surface area contributed by atoms with Gasteiger partial charge in [-0.25, -0.2) is 9.97 Å². The molecule has 4 heteroatoms. The van der Waals surface area contributed by atoms with E-state index >= 15 is 0 Å². The summed E-state index contributed by atoms with van der Waals surface area (Å²) in [5, 5.41) is 0.784. The summed E-state index contributed by atoms with van der Waals surface area (Å²) >= 11 is 1.59. The molecule has 0 bridgehead atoms. The quantitative estimate of drug-likeness (QED) is 0.671. The minimum absolute atomic E-state index is 0.0146. The molecular formula is C15H19N3S. The number of hydrogen-bond donors (Lipinski definition) is 1. The van der Waals surface area contributed by atoms with Crippen molar-refractivity contribution in [1.82, 2.24) is 9.97 Å². The van der Waals surface area contributed by atoms with Crippen LogP contribution >= 0.6 is 11.8 Å². The number of aromatic nitrogens is 2. The van der Waals surface area contributed by atoms with E-state index in [9.17, 15) is 0 Å². The number of nitrogens with zero attached hydrogens (tertiary/aromatic N) is 2. The number of aryl methyl sites for hydroxylation is 2. The van der Waals surface area contributed by atoms with Crippen molar-refractivity contribution in [3.63, 3.8) is 0 Å². The van der Waals surface area contributed by atoms with Gasteiger partial charge in [0.2, 0.25) is 0 Å². The van der Waals surface area contributed by atoms with Gasteiger partial charge < -0.3 is 5.73 Å². The third-order valence-electron chi connectivity index (χ3n) is 2.97. The van der Waals surface area contributed by atoms with Gasteiger partial charge in [-0.1, -0.05) is 43.0 Å². The molecule has 0 aliphatic rings. The summed E-state index contributed by atoms with van der Waals surface area (Å²) in [7, 11) is 0. The summed E-state index contributed by atoms with van der Waals surface area (Å²) in [6, 6.07) is 8.52. The van der Waals surface area contributed by atoms with Crippen molar-refractivity contribution in [2.75, 3.05) is 5.75 Å². The molecule has 0 saturated heterocycles. The first-order valence-electron chi connectivity index (χ1n) is 6.45. The molecule has 3 nitrogen and oxygen atoms in total. The molecule has 0 spiro atoms. The smallest absolute Gasteiger partial charge is 0.187 e. The molecule has 0 amide bonds. The van der Waals surface area contributed by atoms with Crippen LogP contribution in [0.3, 0.4) is 0 Å². The van der Waals surface area contributed by atoms with Gasteiger partial charge in [0.25, 0.3) is 0 Å². The monoisotopic (exact) mass is 273 g/mol. The summed E-state index contributed by atoms with van der Waals surface area (Å²) in [4.78, 5) is 8.54. The highest BCUT2D eigenvalue weighted by Gasteiger charge is 2.07. The molecule has 100 valence electrons. The molecule has 1 aromatic heterocycles. The van der Waals surface area contributed by atoms with E-state index in [1.54, 1.807) is 11.8 Å². The van der Waals surface area contributed by atoms with Gasteiger partial charge in [0.05, 0.1) is 0 Å². The Morgan fingerprint density at radius 3 is 2.37 bits per heavy atom. The van der Waals surface area contributed by atoms with Crippen molar-refractivity contribution in [2.24, 2.45) is 5.73 Å². The van der Waals surface area contributed by atoms with Crippen LogP contribution in [0.15, 0.2) is 41.8 Å². The zero-order chi connectivity index (χ0) is 13.7. The lowest BCUT2D eigenvalue weighted by atomic mass is 10.1. The predicted octanol–water partition coefficient (Wildman–Crippen LogP) is 3.14. The molecule has 1 heterocycles. The summed E-state index contributed by atoms with van der Waals surface area (Å²) in [6.07, 6.45) is 4.72. The third kappa shape index (κ3) is 4.04. The first-order chi connectivity index (χ1) is 9.19. The van der Waals surface area contributed by atoms with Crippen LogP contribution in [0.25, 0.3) is 0 Å². The van der Waals surface area contributed by atoms with E-state index < -0.39 is 0 Å². The summed E-state index contributed by atoms with van der Waals surface area (Å²) in [5.41, 5.74) is 9.76. The fourth-order valence-corrected chi connectivity index (χ4v) is 2.49. The zero-order valence-electron chi connectivity index (χ0n) is 11.3. The maximum atomic E-state index is 6.19. The van der Waals surface area contributed by atoms with E-state index in [1.807, 2.05) is 19.3 Å². The normalized spacial score (nSPS) is 12.4. The Kier molecular flexibility index (Phi) is 4.93. The van der Waals surface area contributed by atoms with E-state index in [2.05, 4.69) is 41.2 Å². The van der Waals surface area contributed by atoms with E-state index in [0.29, 0.717) is 0 Å². The largest absolute Gasteiger partial charge is 0.323 e. The van der Waals surface area contributed by atoms with Crippen LogP contribution in [-0.2, 0) is 6.42 Å². The van der Waals surface area contributed by atoms with Crippen LogP contribution in [0.5, 0.6) is 0 Å². The van der Waals surface area contributed by atoms with E-state index in [4.69, 9.17) is 5.73 Å². The van der Waals surface area contributed by atoms with E-state index in [-0.39, 0.29) is 6.04 Å². The van der Waals surface area contributed by atoms with E-state index in [1.165, 1.54) is 5.56 Å².